The molecule has 0 bridgehead atoms. The van der Waals surface area contributed by atoms with Crippen molar-refractivity contribution >= 4 is 5.97 Å². The number of carboxylic acids is 1. The second kappa shape index (κ2) is 5.82. The number of hydrogen-bond acceptors (Lipinski definition) is 3. The Labute approximate surface area is 137 Å². The van der Waals surface area contributed by atoms with E-state index in [1.165, 1.54) is 45.2 Å². The fourth-order valence-corrected chi connectivity index (χ4v) is 4.64. The molecule has 2 aliphatic carbocycles. The SMILES string of the molecule is O=C(O)c1ccc(OC2CC3(C2)CN(C2CCCCC2)C3)cc1. The lowest BCUT2D eigenvalue weighted by atomic mass is 9.61. The maximum absolute atomic E-state index is 10.8. The summed E-state index contributed by atoms with van der Waals surface area (Å²) in [5.41, 5.74) is 0.827. The molecule has 124 valence electrons. The molecule has 4 nitrogen and oxygen atoms in total. The largest absolute Gasteiger partial charge is 0.490 e. The van der Waals surface area contributed by atoms with Crippen molar-refractivity contribution in [2.24, 2.45) is 5.41 Å². The molecule has 2 saturated carbocycles. The van der Waals surface area contributed by atoms with E-state index in [1.807, 2.05) is 0 Å². The highest BCUT2D eigenvalue weighted by molar-refractivity contribution is 5.87. The van der Waals surface area contributed by atoms with Crippen LogP contribution in [-0.2, 0) is 0 Å². The predicted molar refractivity (Wildman–Crippen MR) is 87.9 cm³/mol. The van der Waals surface area contributed by atoms with Crippen molar-refractivity contribution in [1.29, 1.82) is 0 Å². The van der Waals surface area contributed by atoms with E-state index in [9.17, 15) is 4.79 Å². The third-order valence-corrected chi connectivity index (χ3v) is 5.89. The molecule has 3 aliphatic rings. The maximum atomic E-state index is 10.8. The van der Waals surface area contributed by atoms with Gasteiger partial charge in [-0.1, -0.05) is 19.3 Å². The first-order chi connectivity index (χ1) is 11.1. The van der Waals surface area contributed by atoms with Gasteiger partial charge in [0.1, 0.15) is 5.75 Å². The Hall–Kier alpha value is -1.55. The quantitative estimate of drug-likeness (QED) is 0.923. The second-order valence-corrected chi connectivity index (χ2v) is 7.67. The minimum Gasteiger partial charge on any atom is -0.490 e. The van der Waals surface area contributed by atoms with Crippen LogP contribution in [0.5, 0.6) is 5.75 Å². The van der Waals surface area contributed by atoms with Crippen LogP contribution in [0.4, 0.5) is 0 Å². The molecule has 0 unspecified atom stereocenters. The number of aromatic carboxylic acids is 1. The monoisotopic (exact) mass is 315 g/mol. The number of benzene rings is 1. The van der Waals surface area contributed by atoms with Crippen LogP contribution in [0.25, 0.3) is 0 Å². The zero-order chi connectivity index (χ0) is 15.9. The maximum Gasteiger partial charge on any atom is 0.335 e. The molecular formula is C19H25NO3. The molecule has 4 rings (SSSR count). The van der Waals surface area contributed by atoms with Gasteiger partial charge in [-0.3, -0.25) is 4.90 Å². The summed E-state index contributed by atoms with van der Waals surface area (Å²) in [6, 6.07) is 7.60. The smallest absolute Gasteiger partial charge is 0.335 e. The molecule has 0 amide bonds. The van der Waals surface area contributed by atoms with Gasteiger partial charge in [-0.05, 0) is 49.9 Å². The molecular weight excluding hydrogens is 290 g/mol. The zero-order valence-electron chi connectivity index (χ0n) is 13.5. The Balaban J connectivity index is 1.24. The minimum absolute atomic E-state index is 0.305. The van der Waals surface area contributed by atoms with Crippen LogP contribution in [0.15, 0.2) is 24.3 Å². The molecule has 1 aromatic rings. The molecule has 3 fully saturated rings. The normalized spacial score (nSPS) is 24.9. The van der Waals surface area contributed by atoms with Crippen LogP contribution >= 0.6 is 0 Å². The first-order valence-electron chi connectivity index (χ1n) is 8.88. The molecule has 0 aromatic heterocycles. The molecule has 1 aliphatic heterocycles. The van der Waals surface area contributed by atoms with Crippen LogP contribution in [0.2, 0.25) is 0 Å². The van der Waals surface area contributed by atoms with Gasteiger partial charge >= 0.3 is 5.97 Å². The van der Waals surface area contributed by atoms with E-state index in [0.717, 1.165) is 24.6 Å². The van der Waals surface area contributed by atoms with E-state index in [2.05, 4.69) is 4.90 Å². The lowest BCUT2D eigenvalue weighted by Crippen LogP contribution is -2.66. The van der Waals surface area contributed by atoms with E-state index < -0.39 is 5.97 Å². The van der Waals surface area contributed by atoms with Gasteiger partial charge in [0.05, 0.1) is 11.7 Å². The fourth-order valence-electron chi connectivity index (χ4n) is 4.64. The number of rotatable bonds is 4. The van der Waals surface area contributed by atoms with Gasteiger partial charge in [0.25, 0.3) is 0 Å². The van der Waals surface area contributed by atoms with Crippen LogP contribution in [0.1, 0.15) is 55.3 Å². The summed E-state index contributed by atoms with van der Waals surface area (Å²) in [4.78, 5) is 13.5. The molecule has 4 heteroatoms. The highest BCUT2D eigenvalue weighted by Gasteiger charge is 2.54. The third kappa shape index (κ3) is 2.97. The molecule has 23 heavy (non-hydrogen) atoms. The van der Waals surface area contributed by atoms with Crippen LogP contribution in [0, 0.1) is 5.41 Å². The minimum atomic E-state index is -0.892. The topological polar surface area (TPSA) is 49.8 Å². The van der Waals surface area contributed by atoms with Gasteiger partial charge in [0, 0.05) is 24.5 Å². The summed E-state index contributed by atoms with van der Waals surface area (Å²) in [7, 11) is 0. The van der Waals surface area contributed by atoms with Crippen LogP contribution < -0.4 is 4.74 Å². The van der Waals surface area contributed by atoms with Gasteiger partial charge in [-0.15, -0.1) is 0 Å². The van der Waals surface area contributed by atoms with Crippen LogP contribution in [0.3, 0.4) is 0 Å². The van der Waals surface area contributed by atoms with E-state index in [-0.39, 0.29) is 0 Å². The van der Waals surface area contributed by atoms with Gasteiger partial charge in [-0.25, -0.2) is 4.79 Å². The Bertz CT molecular complexity index is 563. The average Bonchev–Trinajstić information content (AvgIpc) is 2.49. The highest BCUT2D eigenvalue weighted by atomic mass is 16.5. The van der Waals surface area contributed by atoms with Crippen molar-refractivity contribution in [3.8, 4) is 5.75 Å². The summed E-state index contributed by atoms with van der Waals surface area (Å²) in [6.07, 6.45) is 9.63. The number of likely N-dealkylation sites (tertiary alicyclic amines) is 1. The zero-order valence-corrected chi connectivity index (χ0v) is 13.5. The lowest BCUT2D eigenvalue weighted by molar-refractivity contribution is -0.137. The number of carbonyl (C=O) groups is 1. The third-order valence-electron chi connectivity index (χ3n) is 5.89. The molecule has 0 radical (unpaired) electrons. The number of ether oxygens (including phenoxy) is 1. The molecule has 0 atom stereocenters. The summed E-state index contributed by atoms with van der Waals surface area (Å²) >= 11 is 0. The summed E-state index contributed by atoms with van der Waals surface area (Å²) in [5.74, 6) is -0.102. The van der Waals surface area contributed by atoms with Crippen molar-refractivity contribution in [3.05, 3.63) is 29.8 Å². The van der Waals surface area contributed by atoms with E-state index in [1.54, 1.807) is 24.3 Å². The molecule has 1 aromatic carbocycles. The van der Waals surface area contributed by atoms with Crippen LogP contribution in [-0.4, -0.2) is 41.2 Å². The predicted octanol–water partition coefficient (Wildman–Crippen LogP) is 3.56. The number of carboxylic acid groups (broad SMARTS) is 1. The van der Waals surface area contributed by atoms with Gasteiger partial charge in [0.2, 0.25) is 0 Å². The first-order valence-corrected chi connectivity index (χ1v) is 8.88. The summed E-state index contributed by atoms with van der Waals surface area (Å²) < 4.78 is 5.99. The molecule has 1 N–H and O–H groups in total. The summed E-state index contributed by atoms with van der Waals surface area (Å²) in [5, 5.41) is 8.91. The number of nitrogens with zero attached hydrogens (tertiary/aromatic N) is 1. The van der Waals surface area contributed by atoms with Gasteiger partial charge in [-0.2, -0.15) is 0 Å². The van der Waals surface area contributed by atoms with Crippen molar-refractivity contribution in [2.75, 3.05) is 13.1 Å². The van der Waals surface area contributed by atoms with Gasteiger partial charge < -0.3 is 9.84 Å². The van der Waals surface area contributed by atoms with Crippen molar-refractivity contribution < 1.29 is 14.6 Å². The fraction of sp³-hybridized carbons (Fsp3) is 0.632. The lowest BCUT2D eigenvalue weighted by Gasteiger charge is -2.61. The average molecular weight is 315 g/mol. The van der Waals surface area contributed by atoms with E-state index >= 15 is 0 Å². The molecule has 1 saturated heterocycles. The molecule has 1 heterocycles. The Morgan fingerprint density at radius 2 is 1.74 bits per heavy atom. The Morgan fingerprint density at radius 1 is 1.09 bits per heavy atom. The van der Waals surface area contributed by atoms with Gasteiger partial charge in [0.15, 0.2) is 0 Å². The first kappa shape index (κ1) is 15.0. The van der Waals surface area contributed by atoms with E-state index in [4.69, 9.17) is 9.84 Å². The molecule has 1 spiro atoms. The van der Waals surface area contributed by atoms with E-state index in [0.29, 0.717) is 17.1 Å². The number of hydrogen-bond donors (Lipinski definition) is 1. The summed E-state index contributed by atoms with van der Waals surface area (Å²) in [6.45, 7) is 2.52. The standard InChI is InChI=1S/C19H25NO3/c21-18(22)14-6-8-16(9-7-14)23-17-10-19(11-17)12-20(13-19)15-4-2-1-3-5-15/h6-9,15,17H,1-5,10-13H2,(H,21,22). The Kier molecular flexibility index (Phi) is 3.80. The van der Waals surface area contributed by atoms with Crippen molar-refractivity contribution in [2.45, 2.75) is 57.1 Å². The highest BCUT2D eigenvalue weighted by Crippen LogP contribution is 2.51. The second-order valence-electron chi connectivity index (χ2n) is 7.67. The van der Waals surface area contributed by atoms with Crippen molar-refractivity contribution in [1.82, 2.24) is 4.90 Å². The van der Waals surface area contributed by atoms with Crippen molar-refractivity contribution in [3.63, 3.8) is 0 Å². The Morgan fingerprint density at radius 3 is 2.35 bits per heavy atom.